The fourth-order valence-electron chi connectivity index (χ4n) is 4.65. The van der Waals surface area contributed by atoms with Gasteiger partial charge in [0.25, 0.3) is 5.56 Å². The van der Waals surface area contributed by atoms with Crippen molar-refractivity contribution in [3.8, 4) is 5.75 Å². The Kier molecular flexibility index (Phi) is 7.76. The first kappa shape index (κ1) is 25.7. The minimum absolute atomic E-state index is 0.142. The molecule has 2 aromatic heterocycles. The van der Waals surface area contributed by atoms with E-state index in [9.17, 15) is 13.2 Å². The van der Waals surface area contributed by atoms with E-state index in [1.54, 1.807) is 39.5 Å². The molecule has 0 amide bonds. The monoisotopic (exact) mass is 540 g/mol. The lowest BCUT2D eigenvalue weighted by molar-refractivity contribution is 0.300. The van der Waals surface area contributed by atoms with Gasteiger partial charge in [-0.3, -0.25) is 14.3 Å². The SMILES string of the molecule is O=c1cc(OCc2ccc(Cl)cn2)ccn1C1=Cc2ccc(CNCCN3CCCS3(=O)=O)cc2CC1. The van der Waals surface area contributed by atoms with E-state index in [0.29, 0.717) is 37.0 Å². The first-order chi connectivity index (χ1) is 17.9. The Morgan fingerprint density at radius 3 is 2.76 bits per heavy atom. The van der Waals surface area contributed by atoms with Crippen molar-refractivity contribution in [1.82, 2.24) is 19.2 Å². The average molecular weight is 541 g/mol. The summed E-state index contributed by atoms with van der Waals surface area (Å²) in [4.78, 5) is 17.0. The molecule has 2 aliphatic rings. The molecular weight excluding hydrogens is 512 g/mol. The van der Waals surface area contributed by atoms with Crippen molar-refractivity contribution in [1.29, 1.82) is 0 Å². The van der Waals surface area contributed by atoms with Gasteiger partial charge in [-0.2, -0.15) is 0 Å². The van der Waals surface area contributed by atoms with E-state index >= 15 is 0 Å². The number of sulfonamides is 1. The Bertz CT molecular complexity index is 1470. The van der Waals surface area contributed by atoms with Crippen LogP contribution in [0.2, 0.25) is 5.02 Å². The van der Waals surface area contributed by atoms with E-state index in [1.807, 2.05) is 0 Å². The lowest BCUT2D eigenvalue weighted by atomic mass is 9.93. The Balaban J connectivity index is 1.18. The molecule has 1 aliphatic carbocycles. The molecule has 3 heterocycles. The lowest BCUT2D eigenvalue weighted by Crippen LogP contribution is -2.33. The zero-order chi connectivity index (χ0) is 25.8. The van der Waals surface area contributed by atoms with Crippen molar-refractivity contribution >= 4 is 33.4 Å². The fourth-order valence-corrected chi connectivity index (χ4v) is 6.29. The molecule has 1 aromatic carbocycles. The summed E-state index contributed by atoms with van der Waals surface area (Å²) >= 11 is 5.86. The van der Waals surface area contributed by atoms with Crippen LogP contribution in [-0.4, -0.2) is 47.7 Å². The molecule has 1 saturated heterocycles. The van der Waals surface area contributed by atoms with Crippen molar-refractivity contribution in [2.75, 3.05) is 25.4 Å². The number of fused-ring (bicyclic) bond motifs is 1. The highest BCUT2D eigenvalue weighted by molar-refractivity contribution is 7.89. The maximum atomic E-state index is 12.8. The van der Waals surface area contributed by atoms with Gasteiger partial charge >= 0.3 is 0 Å². The molecule has 5 rings (SSSR count). The van der Waals surface area contributed by atoms with Gasteiger partial charge in [0.15, 0.2) is 0 Å². The number of pyridine rings is 2. The highest BCUT2D eigenvalue weighted by Gasteiger charge is 2.27. The van der Waals surface area contributed by atoms with Crippen LogP contribution in [0.15, 0.2) is 59.7 Å². The topological polar surface area (TPSA) is 93.5 Å². The molecular formula is C27H29ClN4O4S. The maximum absolute atomic E-state index is 12.8. The number of halogens is 1. The van der Waals surface area contributed by atoms with Crippen LogP contribution in [0.5, 0.6) is 5.75 Å². The highest BCUT2D eigenvalue weighted by Crippen LogP contribution is 2.27. The molecule has 0 spiro atoms. The smallest absolute Gasteiger partial charge is 0.258 e. The molecule has 10 heteroatoms. The van der Waals surface area contributed by atoms with Crippen LogP contribution in [0.1, 0.15) is 35.2 Å². The van der Waals surface area contributed by atoms with Crippen LogP contribution in [-0.2, 0) is 29.6 Å². The highest BCUT2D eigenvalue weighted by atomic mass is 35.5. The fraction of sp³-hybridized carbons (Fsp3) is 0.333. The summed E-state index contributed by atoms with van der Waals surface area (Å²) < 4.78 is 32.8. The molecule has 1 fully saturated rings. The number of allylic oxidation sites excluding steroid dienone is 1. The molecule has 37 heavy (non-hydrogen) atoms. The summed E-state index contributed by atoms with van der Waals surface area (Å²) in [5, 5.41) is 3.92. The number of rotatable bonds is 9. The second kappa shape index (κ2) is 11.2. The van der Waals surface area contributed by atoms with Crippen LogP contribution >= 0.6 is 11.6 Å². The number of nitrogens with zero attached hydrogens (tertiary/aromatic N) is 3. The van der Waals surface area contributed by atoms with E-state index in [-0.39, 0.29) is 17.9 Å². The molecule has 194 valence electrons. The Hall–Kier alpha value is -2.98. The molecule has 8 nitrogen and oxygen atoms in total. The van der Waals surface area contributed by atoms with Crippen LogP contribution < -0.4 is 15.6 Å². The van der Waals surface area contributed by atoms with Gasteiger partial charge in [-0.15, -0.1) is 0 Å². The quantitative estimate of drug-likeness (QED) is 0.417. The third kappa shape index (κ3) is 6.30. The van der Waals surface area contributed by atoms with Gasteiger partial charge in [0, 0.05) is 50.3 Å². The third-order valence-electron chi connectivity index (χ3n) is 6.63. The molecule has 1 N–H and O–H groups in total. The number of ether oxygens (including phenoxy) is 1. The van der Waals surface area contributed by atoms with Gasteiger partial charge in [-0.05, 0) is 60.2 Å². The normalized spacial score (nSPS) is 16.8. The summed E-state index contributed by atoms with van der Waals surface area (Å²) in [6.07, 6.45) is 7.69. The van der Waals surface area contributed by atoms with E-state index in [4.69, 9.17) is 16.3 Å². The first-order valence-electron chi connectivity index (χ1n) is 12.3. The second-order valence-electron chi connectivity index (χ2n) is 9.24. The first-order valence-corrected chi connectivity index (χ1v) is 14.3. The molecule has 0 atom stereocenters. The summed E-state index contributed by atoms with van der Waals surface area (Å²) in [5.41, 5.74) is 5.05. The van der Waals surface area contributed by atoms with Gasteiger partial charge < -0.3 is 10.1 Å². The van der Waals surface area contributed by atoms with Crippen LogP contribution in [0.25, 0.3) is 11.8 Å². The van der Waals surface area contributed by atoms with Gasteiger partial charge in [0.1, 0.15) is 12.4 Å². The van der Waals surface area contributed by atoms with Gasteiger partial charge in [0.2, 0.25) is 10.0 Å². The van der Waals surface area contributed by atoms with E-state index < -0.39 is 10.0 Å². The van der Waals surface area contributed by atoms with Crippen molar-refractivity contribution < 1.29 is 13.2 Å². The summed E-state index contributed by atoms with van der Waals surface area (Å²) in [7, 11) is -3.04. The molecule has 0 bridgehead atoms. The van der Waals surface area contributed by atoms with Crippen molar-refractivity contribution in [3.05, 3.63) is 92.6 Å². The number of nitrogens with one attached hydrogen (secondary N) is 1. The van der Waals surface area contributed by atoms with Gasteiger partial charge in [-0.1, -0.05) is 29.8 Å². The number of aryl methyl sites for hydroxylation is 1. The Morgan fingerprint density at radius 2 is 2.00 bits per heavy atom. The van der Waals surface area contributed by atoms with E-state index in [2.05, 4.69) is 34.6 Å². The maximum Gasteiger partial charge on any atom is 0.258 e. The zero-order valence-electron chi connectivity index (χ0n) is 20.4. The second-order valence-corrected chi connectivity index (χ2v) is 11.8. The molecule has 1 aliphatic heterocycles. The molecule has 0 radical (unpaired) electrons. The predicted octanol–water partition coefficient (Wildman–Crippen LogP) is 3.55. The average Bonchev–Trinajstić information content (AvgIpc) is 3.23. The van der Waals surface area contributed by atoms with E-state index in [1.165, 1.54) is 11.6 Å². The van der Waals surface area contributed by atoms with Gasteiger partial charge in [0.05, 0.1) is 16.5 Å². The lowest BCUT2D eigenvalue weighted by Gasteiger charge is -2.19. The predicted molar refractivity (Wildman–Crippen MR) is 145 cm³/mol. The third-order valence-corrected chi connectivity index (χ3v) is 8.81. The zero-order valence-corrected chi connectivity index (χ0v) is 22.0. The molecule has 0 saturated carbocycles. The number of hydrogen-bond acceptors (Lipinski definition) is 6. The minimum atomic E-state index is -3.04. The summed E-state index contributed by atoms with van der Waals surface area (Å²) in [6, 6.07) is 13.2. The Labute approximate surface area is 221 Å². The van der Waals surface area contributed by atoms with Crippen molar-refractivity contribution in [2.24, 2.45) is 0 Å². The molecule has 0 unspecified atom stereocenters. The van der Waals surface area contributed by atoms with Crippen LogP contribution in [0.4, 0.5) is 0 Å². The van der Waals surface area contributed by atoms with Gasteiger partial charge in [-0.25, -0.2) is 12.7 Å². The van der Waals surface area contributed by atoms with Crippen molar-refractivity contribution in [2.45, 2.75) is 32.4 Å². The number of aromatic nitrogens is 2. The summed E-state index contributed by atoms with van der Waals surface area (Å²) in [5.74, 6) is 0.758. The van der Waals surface area contributed by atoms with Crippen LogP contribution in [0, 0.1) is 0 Å². The Morgan fingerprint density at radius 1 is 1.11 bits per heavy atom. The largest absolute Gasteiger partial charge is 0.487 e. The standard InChI is InChI=1S/C27H29ClN4O4S/c28-23-5-6-24(30-18-23)19-36-26-8-11-32(27(33)16-26)25-7-4-21-14-20(2-3-22(21)15-25)17-29-9-12-31-10-1-13-37(31,34)35/h2-3,5-6,8,11,14-16,18,29H,1,4,7,9-10,12-13,17,19H2. The minimum Gasteiger partial charge on any atom is -0.487 e. The van der Waals surface area contributed by atoms with Crippen molar-refractivity contribution in [3.63, 3.8) is 0 Å². The number of benzene rings is 1. The van der Waals surface area contributed by atoms with Crippen LogP contribution in [0.3, 0.4) is 0 Å². The summed E-state index contributed by atoms with van der Waals surface area (Å²) in [6.45, 7) is 2.70. The number of hydrogen-bond donors (Lipinski definition) is 1. The van der Waals surface area contributed by atoms with E-state index in [0.717, 1.165) is 41.8 Å². The molecule has 3 aromatic rings.